The Balaban J connectivity index is 2.11. The number of nitro benzene ring substituents is 1. The summed E-state index contributed by atoms with van der Waals surface area (Å²) in [5, 5.41) is 26.9. The van der Waals surface area contributed by atoms with Crippen LogP contribution in [0.5, 0.6) is 5.75 Å². The van der Waals surface area contributed by atoms with Gasteiger partial charge in [0.25, 0.3) is 5.69 Å². The predicted octanol–water partition coefficient (Wildman–Crippen LogP) is 1.79. The molecule has 8 heteroatoms. The predicted molar refractivity (Wildman–Crippen MR) is 80.9 cm³/mol. The minimum Gasteiger partial charge on any atom is -0.494 e. The van der Waals surface area contributed by atoms with Gasteiger partial charge in [-0.15, -0.1) is 0 Å². The molecule has 0 aliphatic rings. The van der Waals surface area contributed by atoms with Gasteiger partial charge in [0.1, 0.15) is 5.75 Å². The second-order valence-electron chi connectivity index (χ2n) is 4.55. The number of aromatic nitrogens is 2. The number of anilines is 1. The van der Waals surface area contributed by atoms with Gasteiger partial charge in [0.05, 0.1) is 36.6 Å². The Morgan fingerprint density at radius 1 is 1.50 bits per heavy atom. The molecule has 0 fully saturated rings. The molecule has 8 nitrogen and oxygen atoms in total. The summed E-state index contributed by atoms with van der Waals surface area (Å²) in [6, 6.07) is 4.53. The highest BCUT2D eigenvalue weighted by molar-refractivity contribution is 5.47. The summed E-state index contributed by atoms with van der Waals surface area (Å²) in [7, 11) is 0. The van der Waals surface area contributed by atoms with Crippen LogP contribution in [0.1, 0.15) is 12.5 Å². The summed E-state index contributed by atoms with van der Waals surface area (Å²) in [5.74, 6) is 0.614. The van der Waals surface area contributed by atoms with E-state index in [1.54, 1.807) is 23.1 Å². The zero-order valence-corrected chi connectivity index (χ0v) is 12.2. The van der Waals surface area contributed by atoms with Crippen molar-refractivity contribution in [3.05, 3.63) is 46.3 Å². The number of hydrogen-bond donors (Lipinski definition) is 2. The van der Waals surface area contributed by atoms with E-state index >= 15 is 0 Å². The van der Waals surface area contributed by atoms with Crippen molar-refractivity contribution in [1.29, 1.82) is 0 Å². The minimum absolute atomic E-state index is 0.0144. The van der Waals surface area contributed by atoms with Gasteiger partial charge in [-0.25, -0.2) is 0 Å². The van der Waals surface area contributed by atoms with Crippen molar-refractivity contribution in [1.82, 2.24) is 9.78 Å². The fraction of sp³-hybridized carbons (Fsp3) is 0.357. The SMILES string of the molecule is CCOc1ccc([N+](=O)[O-])cc1CNc1cnn(CCO)c1. The zero-order chi connectivity index (χ0) is 15.9. The maximum Gasteiger partial charge on any atom is 0.270 e. The number of aliphatic hydroxyl groups excluding tert-OH is 1. The smallest absolute Gasteiger partial charge is 0.270 e. The van der Waals surface area contributed by atoms with E-state index in [2.05, 4.69) is 10.4 Å². The Morgan fingerprint density at radius 3 is 3.00 bits per heavy atom. The van der Waals surface area contributed by atoms with E-state index in [9.17, 15) is 10.1 Å². The van der Waals surface area contributed by atoms with Gasteiger partial charge >= 0.3 is 0 Å². The molecule has 0 unspecified atom stereocenters. The molecule has 0 spiro atoms. The molecule has 2 aromatic rings. The van der Waals surface area contributed by atoms with E-state index < -0.39 is 4.92 Å². The first-order valence-electron chi connectivity index (χ1n) is 6.91. The number of ether oxygens (including phenoxy) is 1. The van der Waals surface area contributed by atoms with Crippen molar-refractivity contribution in [2.45, 2.75) is 20.0 Å². The van der Waals surface area contributed by atoms with Gasteiger partial charge in [-0.2, -0.15) is 5.10 Å². The molecule has 0 amide bonds. The molecule has 118 valence electrons. The number of benzene rings is 1. The first-order valence-corrected chi connectivity index (χ1v) is 6.91. The van der Waals surface area contributed by atoms with Gasteiger partial charge in [-0.3, -0.25) is 14.8 Å². The number of nitro groups is 1. The van der Waals surface area contributed by atoms with Crippen LogP contribution in [0.4, 0.5) is 11.4 Å². The lowest BCUT2D eigenvalue weighted by Gasteiger charge is -2.10. The normalized spacial score (nSPS) is 10.5. The third-order valence-corrected chi connectivity index (χ3v) is 3.00. The van der Waals surface area contributed by atoms with E-state index in [0.717, 1.165) is 5.69 Å². The maximum absolute atomic E-state index is 10.9. The van der Waals surface area contributed by atoms with E-state index in [0.29, 0.717) is 31.0 Å². The minimum atomic E-state index is -0.432. The number of aliphatic hydroxyl groups is 1. The summed E-state index contributed by atoms with van der Waals surface area (Å²) in [6.07, 6.45) is 3.39. The molecule has 0 saturated carbocycles. The third-order valence-electron chi connectivity index (χ3n) is 3.00. The highest BCUT2D eigenvalue weighted by Crippen LogP contribution is 2.25. The van der Waals surface area contributed by atoms with Gasteiger partial charge in [0, 0.05) is 30.4 Å². The van der Waals surface area contributed by atoms with Crippen molar-refractivity contribution in [2.24, 2.45) is 0 Å². The molecule has 1 aromatic carbocycles. The molecule has 0 atom stereocenters. The van der Waals surface area contributed by atoms with E-state index in [1.807, 2.05) is 6.92 Å². The van der Waals surface area contributed by atoms with Gasteiger partial charge in [0.15, 0.2) is 0 Å². The molecule has 0 aliphatic carbocycles. The van der Waals surface area contributed by atoms with Gasteiger partial charge in [-0.1, -0.05) is 0 Å². The van der Waals surface area contributed by atoms with E-state index in [1.165, 1.54) is 12.1 Å². The first-order chi connectivity index (χ1) is 10.6. The standard InChI is InChI=1S/C14H18N4O4/c1-2-22-14-4-3-13(18(20)21)7-11(14)8-15-12-9-16-17(10-12)5-6-19/h3-4,7,9-10,15,19H,2,5-6,8H2,1H3. The van der Waals surface area contributed by atoms with E-state index in [-0.39, 0.29) is 12.3 Å². The third kappa shape index (κ3) is 3.95. The average molecular weight is 306 g/mol. The van der Waals surface area contributed by atoms with Crippen LogP contribution < -0.4 is 10.1 Å². The van der Waals surface area contributed by atoms with Crippen LogP contribution >= 0.6 is 0 Å². The lowest BCUT2D eigenvalue weighted by atomic mass is 10.1. The highest BCUT2D eigenvalue weighted by atomic mass is 16.6. The summed E-state index contributed by atoms with van der Waals surface area (Å²) in [6.45, 7) is 3.15. The second kappa shape index (κ2) is 7.41. The Kier molecular flexibility index (Phi) is 5.31. The molecule has 1 heterocycles. The zero-order valence-electron chi connectivity index (χ0n) is 12.2. The first kappa shape index (κ1) is 15.8. The molecule has 22 heavy (non-hydrogen) atoms. The van der Waals surface area contributed by atoms with Crippen LogP contribution in [0.15, 0.2) is 30.6 Å². The summed E-state index contributed by atoms with van der Waals surface area (Å²) in [4.78, 5) is 10.4. The van der Waals surface area contributed by atoms with E-state index in [4.69, 9.17) is 9.84 Å². The largest absolute Gasteiger partial charge is 0.494 e. The fourth-order valence-electron chi connectivity index (χ4n) is 1.99. The monoisotopic (exact) mass is 306 g/mol. The number of non-ortho nitro benzene ring substituents is 1. The van der Waals surface area contributed by atoms with Crippen molar-refractivity contribution in [3.63, 3.8) is 0 Å². The van der Waals surface area contributed by atoms with Gasteiger partial charge in [-0.05, 0) is 13.0 Å². The van der Waals surface area contributed by atoms with Gasteiger partial charge in [0.2, 0.25) is 0 Å². The van der Waals surface area contributed by atoms with Crippen LogP contribution in [0, 0.1) is 10.1 Å². The van der Waals surface area contributed by atoms with Crippen molar-refractivity contribution in [2.75, 3.05) is 18.5 Å². The Labute approximate surface area is 127 Å². The van der Waals surface area contributed by atoms with Crippen molar-refractivity contribution < 1.29 is 14.8 Å². The quantitative estimate of drug-likeness (QED) is 0.569. The lowest BCUT2D eigenvalue weighted by Crippen LogP contribution is -2.04. The fourth-order valence-corrected chi connectivity index (χ4v) is 1.99. The molecular formula is C14H18N4O4. The molecule has 0 aliphatic heterocycles. The number of hydrogen-bond acceptors (Lipinski definition) is 6. The average Bonchev–Trinajstić information content (AvgIpc) is 2.94. The molecule has 0 radical (unpaired) electrons. The highest BCUT2D eigenvalue weighted by Gasteiger charge is 2.12. The molecule has 2 N–H and O–H groups in total. The van der Waals surface area contributed by atoms with Gasteiger partial charge < -0.3 is 15.2 Å². The van der Waals surface area contributed by atoms with Crippen molar-refractivity contribution >= 4 is 11.4 Å². The second-order valence-corrected chi connectivity index (χ2v) is 4.55. The molecule has 0 bridgehead atoms. The number of rotatable bonds is 8. The molecule has 2 rings (SSSR count). The summed E-state index contributed by atoms with van der Waals surface area (Å²) in [5.41, 5.74) is 1.49. The summed E-state index contributed by atoms with van der Waals surface area (Å²) >= 11 is 0. The Morgan fingerprint density at radius 2 is 2.32 bits per heavy atom. The van der Waals surface area contributed by atoms with Crippen LogP contribution in [-0.4, -0.2) is 33.0 Å². The van der Waals surface area contributed by atoms with Crippen LogP contribution in [0.3, 0.4) is 0 Å². The topological polar surface area (TPSA) is 102 Å². The Hall–Kier alpha value is -2.61. The number of nitrogens with zero attached hydrogens (tertiary/aromatic N) is 3. The van der Waals surface area contributed by atoms with Crippen LogP contribution in [-0.2, 0) is 13.1 Å². The number of nitrogens with one attached hydrogen (secondary N) is 1. The Bertz CT molecular complexity index is 642. The van der Waals surface area contributed by atoms with Crippen LogP contribution in [0.25, 0.3) is 0 Å². The molecular weight excluding hydrogens is 288 g/mol. The maximum atomic E-state index is 10.9. The molecule has 0 saturated heterocycles. The summed E-state index contributed by atoms with van der Waals surface area (Å²) < 4.78 is 7.10. The lowest BCUT2D eigenvalue weighted by molar-refractivity contribution is -0.384. The van der Waals surface area contributed by atoms with Crippen molar-refractivity contribution in [3.8, 4) is 5.75 Å². The molecule has 1 aromatic heterocycles. The van der Waals surface area contributed by atoms with Crippen LogP contribution in [0.2, 0.25) is 0 Å².